The standard InChI is InChI=1S/C26H33NO2/c1-6-28-20(4)16-21(5)29-26-10-8-7-9-24(26)25-17-22(11-12-27-25)23-14-18(2)13-19(3)15-23/h7-15,17,20-21,25,27H,6,16H2,1-5H3. The average molecular weight is 392 g/mol. The highest BCUT2D eigenvalue weighted by molar-refractivity contribution is 5.76. The first kappa shape index (κ1) is 21.2. The van der Waals surface area contributed by atoms with E-state index in [0.717, 1.165) is 24.3 Å². The molecule has 2 aromatic rings. The fraction of sp³-hybridized carbons (Fsp3) is 0.385. The van der Waals surface area contributed by atoms with Crippen LogP contribution in [-0.2, 0) is 4.74 Å². The molecule has 3 rings (SSSR count). The van der Waals surface area contributed by atoms with Crippen LogP contribution in [0.5, 0.6) is 5.75 Å². The molecule has 0 radical (unpaired) electrons. The number of allylic oxidation sites excluding steroid dienone is 2. The fourth-order valence-corrected chi connectivity index (χ4v) is 3.97. The van der Waals surface area contributed by atoms with E-state index in [9.17, 15) is 0 Å². The largest absolute Gasteiger partial charge is 0.490 e. The Bertz CT molecular complexity index is 864. The Morgan fingerprint density at radius 2 is 1.72 bits per heavy atom. The van der Waals surface area contributed by atoms with Crippen LogP contribution < -0.4 is 10.1 Å². The van der Waals surface area contributed by atoms with E-state index in [1.807, 2.05) is 19.2 Å². The van der Waals surface area contributed by atoms with Gasteiger partial charge in [0.1, 0.15) is 5.75 Å². The third-order valence-corrected chi connectivity index (χ3v) is 5.14. The van der Waals surface area contributed by atoms with Crippen molar-refractivity contribution in [3.63, 3.8) is 0 Å². The van der Waals surface area contributed by atoms with Crippen LogP contribution in [0, 0.1) is 13.8 Å². The highest BCUT2D eigenvalue weighted by Crippen LogP contribution is 2.32. The van der Waals surface area contributed by atoms with Crippen molar-refractivity contribution in [3.8, 4) is 5.75 Å². The molecule has 0 bridgehead atoms. The molecule has 0 spiro atoms. The molecule has 154 valence electrons. The molecule has 0 aromatic heterocycles. The summed E-state index contributed by atoms with van der Waals surface area (Å²) in [5, 5.41) is 3.48. The molecular weight excluding hydrogens is 358 g/mol. The number of ether oxygens (including phenoxy) is 2. The van der Waals surface area contributed by atoms with Gasteiger partial charge in [-0.1, -0.05) is 47.5 Å². The van der Waals surface area contributed by atoms with Crippen LogP contribution in [0.4, 0.5) is 0 Å². The Labute approximate surface area is 175 Å². The predicted molar refractivity (Wildman–Crippen MR) is 121 cm³/mol. The number of benzene rings is 2. The Morgan fingerprint density at radius 1 is 1.00 bits per heavy atom. The molecule has 0 saturated heterocycles. The predicted octanol–water partition coefficient (Wildman–Crippen LogP) is 6.13. The molecule has 29 heavy (non-hydrogen) atoms. The van der Waals surface area contributed by atoms with Gasteiger partial charge in [-0.2, -0.15) is 0 Å². The Balaban J connectivity index is 1.82. The van der Waals surface area contributed by atoms with Crippen molar-refractivity contribution < 1.29 is 9.47 Å². The first-order valence-electron chi connectivity index (χ1n) is 10.6. The second-order valence-electron chi connectivity index (χ2n) is 7.94. The SMILES string of the molecule is CCOC(C)CC(C)Oc1ccccc1C1C=C(c2cc(C)cc(C)c2)C=CN1. The van der Waals surface area contributed by atoms with Crippen LogP contribution >= 0.6 is 0 Å². The minimum atomic E-state index is 0.0727. The minimum absolute atomic E-state index is 0.0727. The molecule has 1 N–H and O–H groups in total. The van der Waals surface area contributed by atoms with Crippen molar-refractivity contribution >= 4 is 5.57 Å². The third-order valence-electron chi connectivity index (χ3n) is 5.14. The normalized spacial score (nSPS) is 18.0. The van der Waals surface area contributed by atoms with Gasteiger partial charge in [0, 0.05) is 18.6 Å². The summed E-state index contributed by atoms with van der Waals surface area (Å²) in [6.45, 7) is 11.3. The topological polar surface area (TPSA) is 30.5 Å². The third kappa shape index (κ3) is 5.74. The van der Waals surface area contributed by atoms with Gasteiger partial charge >= 0.3 is 0 Å². The summed E-state index contributed by atoms with van der Waals surface area (Å²) in [5.74, 6) is 0.924. The monoisotopic (exact) mass is 391 g/mol. The number of aryl methyl sites for hydroxylation is 2. The van der Waals surface area contributed by atoms with Crippen LogP contribution in [-0.4, -0.2) is 18.8 Å². The number of para-hydroxylation sites is 1. The lowest BCUT2D eigenvalue weighted by Gasteiger charge is -2.25. The van der Waals surface area contributed by atoms with E-state index >= 15 is 0 Å². The number of rotatable bonds is 8. The summed E-state index contributed by atoms with van der Waals surface area (Å²) in [7, 11) is 0. The zero-order valence-electron chi connectivity index (χ0n) is 18.2. The molecule has 3 atom stereocenters. The summed E-state index contributed by atoms with van der Waals surface area (Å²) >= 11 is 0. The van der Waals surface area contributed by atoms with E-state index in [4.69, 9.17) is 9.47 Å². The molecule has 1 aliphatic heterocycles. The van der Waals surface area contributed by atoms with E-state index in [-0.39, 0.29) is 18.2 Å². The summed E-state index contributed by atoms with van der Waals surface area (Å²) in [5.41, 5.74) is 6.20. The van der Waals surface area contributed by atoms with Gasteiger partial charge in [-0.25, -0.2) is 0 Å². The maximum Gasteiger partial charge on any atom is 0.125 e. The van der Waals surface area contributed by atoms with Gasteiger partial charge in [0.05, 0.1) is 18.2 Å². The number of nitrogens with one attached hydrogen (secondary N) is 1. The van der Waals surface area contributed by atoms with E-state index in [2.05, 4.69) is 81.6 Å². The lowest BCUT2D eigenvalue weighted by Crippen LogP contribution is -2.23. The van der Waals surface area contributed by atoms with Crippen LogP contribution in [0.25, 0.3) is 5.57 Å². The second-order valence-corrected chi connectivity index (χ2v) is 7.94. The molecule has 0 amide bonds. The minimum Gasteiger partial charge on any atom is -0.490 e. The summed E-state index contributed by atoms with van der Waals surface area (Å²) in [4.78, 5) is 0. The zero-order chi connectivity index (χ0) is 20.8. The highest BCUT2D eigenvalue weighted by Gasteiger charge is 2.18. The zero-order valence-corrected chi connectivity index (χ0v) is 18.2. The number of hydrogen-bond acceptors (Lipinski definition) is 3. The van der Waals surface area contributed by atoms with Crippen molar-refractivity contribution in [3.05, 3.63) is 83.1 Å². The number of dihydropyridines is 1. The average Bonchev–Trinajstić information content (AvgIpc) is 2.68. The lowest BCUT2D eigenvalue weighted by atomic mass is 9.94. The van der Waals surface area contributed by atoms with E-state index in [0.29, 0.717) is 0 Å². The molecule has 3 nitrogen and oxygen atoms in total. The summed E-state index contributed by atoms with van der Waals surface area (Å²) < 4.78 is 12.0. The highest BCUT2D eigenvalue weighted by atomic mass is 16.5. The molecule has 3 heteroatoms. The van der Waals surface area contributed by atoms with Crippen molar-refractivity contribution in [2.75, 3.05) is 6.61 Å². The first-order valence-corrected chi connectivity index (χ1v) is 10.6. The van der Waals surface area contributed by atoms with Crippen LogP contribution in [0.15, 0.2) is 60.8 Å². The molecule has 0 aliphatic carbocycles. The van der Waals surface area contributed by atoms with Gasteiger partial charge in [-0.05, 0) is 70.2 Å². The van der Waals surface area contributed by atoms with Crippen molar-refractivity contribution in [1.82, 2.24) is 5.32 Å². The van der Waals surface area contributed by atoms with E-state index in [1.165, 1.54) is 22.3 Å². The van der Waals surface area contributed by atoms with Crippen molar-refractivity contribution in [1.29, 1.82) is 0 Å². The second kappa shape index (κ2) is 9.80. The Kier molecular flexibility index (Phi) is 7.16. The van der Waals surface area contributed by atoms with E-state index in [1.54, 1.807) is 0 Å². The smallest absolute Gasteiger partial charge is 0.125 e. The maximum absolute atomic E-state index is 6.32. The maximum atomic E-state index is 6.32. The van der Waals surface area contributed by atoms with Crippen molar-refractivity contribution in [2.24, 2.45) is 0 Å². The molecule has 3 unspecified atom stereocenters. The van der Waals surface area contributed by atoms with Crippen LogP contribution in [0.2, 0.25) is 0 Å². The molecule has 2 aromatic carbocycles. The van der Waals surface area contributed by atoms with Crippen LogP contribution in [0.1, 0.15) is 55.5 Å². The molecule has 0 saturated carbocycles. The van der Waals surface area contributed by atoms with Gasteiger partial charge in [-0.3, -0.25) is 0 Å². The molecule has 1 heterocycles. The summed E-state index contributed by atoms with van der Waals surface area (Å²) in [6.07, 6.45) is 7.59. The van der Waals surface area contributed by atoms with Gasteiger partial charge in [0.25, 0.3) is 0 Å². The molecule has 1 aliphatic rings. The van der Waals surface area contributed by atoms with Crippen molar-refractivity contribution in [2.45, 2.75) is 59.3 Å². The van der Waals surface area contributed by atoms with E-state index < -0.39 is 0 Å². The molecular formula is C26H33NO2. The van der Waals surface area contributed by atoms with Gasteiger partial charge in [0.15, 0.2) is 0 Å². The van der Waals surface area contributed by atoms with Gasteiger partial charge in [0.2, 0.25) is 0 Å². The fourth-order valence-electron chi connectivity index (χ4n) is 3.97. The lowest BCUT2D eigenvalue weighted by molar-refractivity contribution is 0.0422. The number of hydrogen-bond donors (Lipinski definition) is 1. The van der Waals surface area contributed by atoms with Crippen LogP contribution in [0.3, 0.4) is 0 Å². The first-order chi connectivity index (χ1) is 14.0. The van der Waals surface area contributed by atoms with Gasteiger partial charge in [-0.15, -0.1) is 0 Å². The quantitative estimate of drug-likeness (QED) is 0.587. The Hall–Kier alpha value is -2.52. The summed E-state index contributed by atoms with van der Waals surface area (Å²) in [6, 6.07) is 15.1. The molecule has 0 fully saturated rings. The van der Waals surface area contributed by atoms with Gasteiger partial charge < -0.3 is 14.8 Å². The Morgan fingerprint density at radius 3 is 2.45 bits per heavy atom.